The standard InChI is InChI=1S/C24H27ClFN5OS/c1-17(23(32)27-15-18-5-7-19(25)8-6-18)33-24-29-28-22(16-30-13-3-2-4-14-30)31(24)21-11-9-20(26)10-12-21/h5-12,17H,2-4,13-16H2,1H3,(H,27,32). The number of hydrogen-bond acceptors (Lipinski definition) is 5. The van der Waals surface area contributed by atoms with E-state index in [1.54, 1.807) is 24.3 Å². The van der Waals surface area contributed by atoms with Gasteiger partial charge in [0.1, 0.15) is 5.82 Å². The lowest BCUT2D eigenvalue weighted by Crippen LogP contribution is -2.31. The van der Waals surface area contributed by atoms with Gasteiger partial charge in [0.2, 0.25) is 5.91 Å². The summed E-state index contributed by atoms with van der Waals surface area (Å²) < 4.78 is 15.5. The highest BCUT2D eigenvalue weighted by molar-refractivity contribution is 8.00. The third kappa shape index (κ3) is 6.34. The first-order valence-electron chi connectivity index (χ1n) is 11.1. The second kappa shape index (κ2) is 11.1. The van der Waals surface area contributed by atoms with Crippen molar-refractivity contribution in [1.29, 1.82) is 0 Å². The van der Waals surface area contributed by atoms with Crippen molar-refractivity contribution < 1.29 is 9.18 Å². The maximum Gasteiger partial charge on any atom is 0.233 e. The Balaban J connectivity index is 1.48. The molecule has 1 fully saturated rings. The molecule has 1 amide bonds. The number of likely N-dealkylation sites (tertiary alicyclic amines) is 1. The van der Waals surface area contributed by atoms with Crippen LogP contribution in [0.4, 0.5) is 4.39 Å². The molecule has 1 atom stereocenters. The van der Waals surface area contributed by atoms with Gasteiger partial charge in [0.05, 0.1) is 11.8 Å². The van der Waals surface area contributed by atoms with E-state index in [0.29, 0.717) is 23.3 Å². The van der Waals surface area contributed by atoms with E-state index in [1.807, 2.05) is 23.6 Å². The Morgan fingerprint density at radius 3 is 2.48 bits per heavy atom. The van der Waals surface area contributed by atoms with Crippen LogP contribution in [0, 0.1) is 5.82 Å². The van der Waals surface area contributed by atoms with Crippen LogP contribution in [0.1, 0.15) is 37.6 Å². The summed E-state index contributed by atoms with van der Waals surface area (Å²) in [5.74, 6) is 0.398. The van der Waals surface area contributed by atoms with Crippen LogP contribution in [0.3, 0.4) is 0 Å². The number of benzene rings is 2. The van der Waals surface area contributed by atoms with E-state index in [1.165, 1.54) is 43.2 Å². The highest BCUT2D eigenvalue weighted by Gasteiger charge is 2.23. The van der Waals surface area contributed by atoms with Gasteiger partial charge in [0.25, 0.3) is 0 Å². The lowest BCUT2D eigenvalue weighted by Gasteiger charge is -2.26. The molecule has 1 aliphatic heterocycles. The van der Waals surface area contributed by atoms with Gasteiger partial charge in [-0.25, -0.2) is 4.39 Å². The fraction of sp³-hybridized carbons (Fsp3) is 0.375. The van der Waals surface area contributed by atoms with Gasteiger partial charge in [-0.15, -0.1) is 10.2 Å². The minimum Gasteiger partial charge on any atom is -0.351 e. The summed E-state index contributed by atoms with van der Waals surface area (Å²) in [6.45, 7) is 4.99. The Morgan fingerprint density at radius 2 is 1.79 bits per heavy atom. The number of piperidine rings is 1. The molecule has 1 saturated heterocycles. The molecule has 2 heterocycles. The number of thioether (sulfide) groups is 1. The molecule has 0 saturated carbocycles. The van der Waals surface area contributed by atoms with Gasteiger partial charge in [0, 0.05) is 17.3 Å². The second-order valence-corrected chi connectivity index (χ2v) is 9.90. The molecule has 174 valence electrons. The number of aromatic nitrogens is 3. The van der Waals surface area contributed by atoms with E-state index in [4.69, 9.17) is 11.6 Å². The topological polar surface area (TPSA) is 63.1 Å². The van der Waals surface area contributed by atoms with Crippen LogP contribution >= 0.6 is 23.4 Å². The number of carbonyl (C=O) groups is 1. The fourth-order valence-corrected chi connectivity index (χ4v) is 4.83. The Morgan fingerprint density at radius 1 is 1.09 bits per heavy atom. The summed E-state index contributed by atoms with van der Waals surface area (Å²) in [7, 11) is 0. The number of nitrogens with one attached hydrogen (secondary N) is 1. The molecular weight excluding hydrogens is 461 g/mol. The molecule has 1 aromatic heterocycles. The predicted octanol–water partition coefficient (Wildman–Crippen LogP) is 4.84. The number of amides is 1. The van der Waals surface area contributed by atoms with Crippen molar-refractivity contribution in [2.45, 2.75) is 49.7 Å². The van der Waals surface area contributed by atoms with Crippen LogP contribution in [0.2, 0.25) is 5.02 Å². The van der Waals surface area contributed by atoms with Crippen LogP contribution in [0.5, 0.6) is 0 Å². The van der Waals surface area contributed by atoms with Gasteiger partial charge in [0.15, 0.2) is 11.0 Å². The van der Waals surface area contributed by atoms with Crippen LogP contribution in [-0.2, 0) is 17.9 Å². The molecule has 9 heteroatoms. The second-order valence-electron chi connectivity index (χ2n) is 8.15. The molecule has 4 rings (SSSR count). The first-order chi connectivity index (χ1) is 16.0. The Kier molecular flexibility index (Phi) is 8.01. The average molecular weight is 488 g/mol. The molecule has 6 nitrogen and oxygen atoms in total. The molecule has 0 bridgehead atoms. The summed E-state index contributed by atoms with van der Waals surface area (Å²) >= 11 is 7.26. The summed E-state index contributed by atoms with van der Waals surface area (Å²) in [5, 5.41) is 12.7. The van der Waals surface area contributed by atoms with Gasteiger partial charge < -0.3 is 5.32 Å². The van der Waals surface area contributed by atoms with E-state index in [0.717, 1.165) is 30.2 Å². The van der Waals surface area contributed by atoms with Gasteiger partial charge in [-0.1, -0.05) is 41.9 Å². The lowest BCUT2D eigenvalue weighted by atomic mass is 10.1. The van der Waals surface area contributed by atoms with Crippen LogP contribution in [-0.4, -0.2) is 43.9 Å². The van der Waals surface area contributed by atoms with Crippen molar-refractivity contribution in [3.63, 3.8) is 0 Å². The van der Waals surface area contributed by atoms with Crippen LogP contribution in [0.15, 0.2) is 53.7 Å². The first-order valence-corrected chi connectivity index (χ1v) is 12.4. The summed E-state index contributed by atoms with van der Waals surface area (Å²) in [6, 6.07) is 13.7. The number of hydrogen-bond donors (Lipinski definition) is 1. The fourth-order valence-electron chi connectivity index (χ4n) is 3.79. The largest absolute Gasteiger partial charge is 0.351 e. The maximum absolute atomic E-state index is 13.6. The molecule has 33 heavy (non-hydrogen) atoms. The highest BCUT2D eigenvalue weighted by atomic mass is 35.5. The third-order valence-corrected chi connectivity index (χ3v) is 6.92. The van der Waals surface area contributed by atoms with Crippen molar-refractivity contribution in [2.75, 3.05) is 13.1 Å². The Hall–Kier alpha value is -2.42. The van der Waals surface area contributed by atoms with Gasteiger partial charge in [-0.2, -0.15) is 0 Å². The minimum absolute atomic E-state index is 0.0961. The number of halogens is 2. The normalized spacial score (nSPS) is 15.4. The monoisotopic (exact) mass is 487 g/mol. The van der Waals surface area contributed by atoms with Gasteiger partial charge in [-0.3, -0.25) is 14.3 Å². The zero-order chi connectivity index (χ0) is 23.2. The average Bonchev–Trinajstić information content (AvgIpc) is 3.21. The van der Waals surface area contributed by atoms with Crippen molar-refractivity contribution in [3.8, 4) is 5.69 Å². The van der Waals surface area contributed by atoms with Crippen molar-refractivity contribution in [2.24, 2.45) is 0 Å². The summed E-state index contributed by atoms with van der Waals surface area (Å²) in [6.07, 6.45) is 3.61. The SMILES string of the molecule is CC(Sc1nnc(CN2CCCCC2)n1-c1ccc(F)cc1)C(=O)NCc1ccc(Cl)cc1. The number of carbonyl (C=O) groups excluding carboxylic acids is 1. The quantitative estimate of drug-likeness (QED) is 0.460. The van der Waals surface area contributed by atoms with E-state index in [9.17, 15) is 9.18 Å². The zero-order valence-electron chi connectivity index (χ0n) is 18.5. The van der Waals surface area contributed by atoms with E-state index < -0.39 is 0 Å². The number of rotatable bonds is 8. The van der Waals surface area contributed by atoms with Crippen molar-refractivity contribution >= 4 is 29.3 Å². The molecule has 3 aromatic rings. The summed E-state index contributed by atoms with van der Waals surface area (Å²) in [4.78, 5) is 15.1. The van der Waals surface area contributed by atoms with Crippen LogP contribution < -0.4 is 5.32 Å². The molecule has 0 radical (unpaired) electrons. The van der Waals surface area contributed by atoms with E-state index >= 15 is 0 Å². The predicted molar refractivity (Wildman–Crippen MR) is 129 cm³/mol. The smallest absolute Gasteiger partial charge is 0.233 e. The molecule has 1 aliphatic rings. The van der Waals surface area contributed by atoms with E-state index in [-0.39, 0.29) is 17.0 Å². The Labute approximate surface area is 202 Å². The summed E-state index contributed by atoms with van der Waals surface area (Å²) in [5.41, 5.74) is 1.76. The van der Waals surface area contributed by atoms with Gasteiger partial charge in [-0.05, 0) is 74.8 Å². The maximum atomic E-state index is 13.6. The van der Waals surface area contributed by atoms with Crippen molar-refractivity contribution in [3.05, 3.63) is 70.8 Å². The zero-order valence-corrected chi connectivity index (χ0v) is 20.1. The minimum atomic E-state index is -0.386. The molecular formula is C24H27ClFN5OS. The lowest BCUT2D eigenvalue weighted by molar-refractivity contribution is -0.120. The van der Waals surface area contributed by atoms with Gasteiger partial charge >= 0.3 is 0 Å². The molecule has 0 aliphatic carbocycles. The molecule has 1 unspecified atom stereocenters. The third-order valence-electron chi connectivity index (χ3n) is 5.63. The number of nitrogens with zero attached hydrogens (tertiary/aromatic N) is 4. The Bertz CT molecular complexity index is 1070. The first kappa shape index (κ1) is 23.7. The molecule has 2 aromatic carbocycles. The van der Waals surface area contributed by atoms with Crippen LogP contribution in [0.25, 0.3) is 5.69 Å². The molecule has 1 N–H and O–H groups in total. The molecule has 0 spiro atoms. The highest BCUT2D eigenvalue weighted by Crippen LogP contribution is 2.27. The van der Waals surface area contributed by atoms with Crippen molar-refractivity contribution in [1.82, 2.24) is 25.0 Å². The van der Waals surface area contributed by atoms with E-state index in [2.05, 4.69) is 20.4 Å².